The number of fused-ring (bicyclic) bond motifs is 1. The van der Waals surface area contributed by atoms with Crippen LogP contribution in [-0.4, -0.2) is 24.3 Å². The van der Waals surface area contributed by atoms with Crippen LogP contribution in [0.15, 0.2) is 41.0 Å². The molecule has 0 fully saturated rings. The summed E-state index contributed by atoms with van der Waals surface area (Å²) in [5, 5.41) is 3.64. The summed E-state index contributed by atoms with van der Waals surface area (Å²) in [5.74, 6) is 2.36. The van der Waals surface area contributed by atoms with Crippen molar-refractivity contribution in [3.63, 3.8) is 0 Å². The van der Waals surface area contributed by atoms with Crippen molar-refractivity contribution in [3.05, 3.63) is 47.2 Å². The molecule has 2 aromatic heterocycles. The van der Waals surface area contributed by atoms with Gasteiger partial charge >= 0.3 is 0 Å². The molecule has 26 heavy (non-hydrogen) atoms. The first-order chi connectivity index (χ1) is 12.7. The van der Waals surface area contributed by atoms with Crippen molar-refractivity contribution in [2.24, 2.45) is 0 Å². The Labute approximate surface area is 153 Å². The van der Waals surface area contributed by atoms with E-state index in [4.69, 9.17) is 18.6 Å². The summed E-state index contributed by atoms with van der Waals surface area (Å²) in [6, 6.07) is 8.88. The van der Waals surface area contributed by atoms with Crippen molar-refractivity contribution < 1.29 is 23.4 Å². The van der Waals surface area contributed by atoms with E-state index in [9.17, 15) is 4.79 Å². The SMILES string of the molecule is Cc1nc(-c2ccco2)sc1CNC(=O)COc1ccc2c(c1)OCO2. The Morgan fingerprint density at radius 3 is 3.04 bits per heavy atom. The third-order valence-corrected chi connectivity index (χ3v) is 4.96. The first kappa shape index (κ1) is 16.5. The lowest BCUT2D eigenvalue weighted by atomic mass is 10.3. The number of rotatable bonds is 6. The molecule has 3 heterocycles. The molecule has 7 nitrogen and oxygen atoms in total. The number of carbonyl (C=O) groups is 1. The molecule has 0 unspecified atom stereocenters. The number of benzene rings is 1. The van der Waals surface area contributed by atoms with Gasteiger partial charge in [0, 0.05) is 10.9 Å². The number of carbonyl (C=O) groups excluding carboxylic acids is 1. The van der Waals surface area contributed by atoms with E-state index in [1.54, 1.807) is 24.5 Å². The third kappa shape index (κ3) is 3.50. The molecular formula is C18H16N2O5S. The first-order valence-corrected chi connectivity index (χ1v) is 8.80. The lowest BCUT2D eigenvalue weighted by molar-refractivity contribution is -0.123. The van der Waals surface area contributed by atoms with E-state index in [2.05, 4.69) is 10.3 Å². The van der Waals surface area contributed by atoms with Crippen LogP contribution in [0.3, 0.4) is 0 Å². The van der Waals surface area contributed by atoms with Gasteiger partial charge < -0.3 is 23.9 Å². The van der Waals surface area contributed by atoms with Crippen LogP contribution in [0.5, 0.6) is 17.2 Å². The molecule has 0 atom stereocenters. The van der Waals surface area contributed by atoms with E-state index in [0.29, 0.717) is 23.8 Å². The summed E-state index contributed by atoms with van der Waals surface area (Å²) >= 11 is 1.50. The van der Waals surface area contributed by atoms with Crippen molar-refractivity contribution in [3.8, 4) is 28.0 Å². The van der Waals surface area contributed by atoms with Crippen molar-refractivity contribution in [2.75, 3.05) is 13.4 Å². The summed E-state index contributed by atoms with van der Waals surface area (Å²) in [6.07, 6.45) is 1.61. The van der Waals surface area contributed by atoms with Gasteiger partial charge in [0.05, 0.1) is 18.5 Å². The van der Waals surface area contributed by atoms with Crippen LogP contribution >= 0.6 is 11.3 Å². The quantitative estimate of drug-likeness (QED) is 0.716. The number of thiazole rings is 1. The molecule has 0 spiro atoms. The van der Waals surface area contributed by atoms with Crippen molar-refractivity contribution in [1.82, 2.24) is 10.3 Å². The smallest absolute Gasteiger partial charge is 0.258 e. The number of hydrogen-bond donors (Lipinski definition) is 1. The number of hydrogen-bond acceptors (Lipinski definition) is 7. The second kappa shape index (κ2) is 7.09. The number of furan rings is 1. The van der Waals surface area contributed by atoms with Crippen LogP contribution in [0.1, 0.15) is 10.6 Å². The molecule has 1 N–H and O–H groups in total. The highest BCUT2D eigenvalue weighted by Gasteiger charge is 2.15. The molecule has 1 amide bonds. The highest BCUT2D eigenvalue weighted by atomic mass is 32.1. The van der Waals surface area contributed by atoms with Crippen LogP contribution in [-0.2, 0) is 11.3 Å². The molecule has 8 heteroatoms. The minimum absolute atomic E-state index is 0.0808. The number of nitrogens with zero attached hydrogens (tertiary/aromatic N) is 1. The van der Waals surface area contributed by atoms with E-state index in [1.807, 2.05) is 19.1 Å². The fourth-order valence-electron chi connectivity index (χ4n) is 2.44. The van der Waals surface area contributed by atoms with Crippen LogP contribution in [0, 0.1) is 6.92 Å². The molecule has 1 aromatic carbocycles. The normalized spacial score (nSPS) is 12.2. The number of nitrogens with one attached hydrogen (secondary N) is 1. The van der Waals surface area contributed by atoms with Gasteiger partial charge in [-0.15, -0.1) is 11.3 Å². The number of amides is 1. The Morgan fingerprint density at radius 1 is 1.31 bits per heavy atom. The molecule has 134 valence electrons. The molecular weight excluding hydrogens is 356 g/mol. The predicted octanol–water partition coefficient (Wildman–Crippen LogP) is 3.14. The zero-order valence-electron chi connectivity index (χ0n) is 14.0. The number of aromatic nitrogens is 1. The van der Waals surface area contributed by atoms with Gasteiger partial charge in [0.2, 0.25) is 6.79 Å². The Balaban J connectivity index is 1.30. The average molecular weight is 372 g/mol. The van der Waals surface area contributed by atoms with Crippen LogP contribution < -0.4 is 19.5 Å². The van der Waals surface area contributed by atoms with Crippen molar-refractivity contribution in [1.29, 1.82) is 0 Å². The molecule has 0 radical (unpaired) electrons. The van der Waals surface area contributed by atoms with Gasteiger partial charge in [0.25, 0.3) is 5.91 Å². The maximum atomic E-state index is 12.0. The summed E-state index contributed by atoms with van der Waals surface area (Å²) in [5.41, 5.74) is 0.874. The maximum Gasteiger partial charge on any atom is 0.258 e. The van der Waals surface area contributed by atoms with Gasteiger partial charge in [0.15, 0.2) is 28.9 Å². The monoisotopic (exact) mass is 372 g/mol. The van der Waals surface area contributed by atoms with Gasteiger partial charge in [-0.2, -0.15) is 0 Å². The molecule has 0 aliphatic carbocycles. The summed E-state index contributed by atoms with van der Waals surface area (Å²) in [4.78, 5) is 17.5. The molecule has 3 aromatic rings. The van der Waals surface area contributed by atoms with E-state index in [0.717, 1.165) is 21.3 Å². The fourth-order valence-corrected chi connectivity index (χ4v) is 3.41. The standard InChI is InChI=1S/C18H16N2O5S/c1-11-16(26-18(20-11)14-3-2-6-22-14)8-19-17(21)9-23-12-4-5-13-15(7-12)25-10-24-13/h2-7H,8-10H2,1H3,(H,19,21). The highest BCUT2D eigenvalue weighted by Crippen LogP contribution is 2.35. The lowest BCUT2D eigenvalue weighted by Crippen LogP contribution is -2.28. The molecule has 0 bridgehead atoms. The molecule has 4 rings (SSSR count). The second-order valence-electron chi connectivity index (χ2n) is 5.59. The average Bonchev–Trinajstić information content (AvgIpc) is 3.38. The zero-order chi connectivity index (χ0) is 17.9. The van der Waals surface area contributed by atoms with Gasteiger partial charge in [-0.3, -0.25) is 4.79 Å². The first-order valence-electron chi connectivity index (χ1n) is 7.98. The molecule has 1 aliphatic heterocycles. The Hall–Kier alpha value is -3.00. The van der Waals surface area contributed by atoms with Gasteiger partial charge in [-0.05, 0) is 31.2 Å². The number of ether oxygens (including phenoxy) is 3. The minimum atomic E-state index is -0.213. The molecule has 0 saturated heterocycles. The summed E-state index contributed by atoms with van der Waals surface area (Å²) < 4.78 is 21.4. The maximum absolute atomic E-state index is 12.0. The lowest BCUT2D eigenvalue weighted by Gasteiger charge is -2.07. The third-order valence-electron chi connectivity index (χ3n) is 3.78. The Bertz CT molecular complexity index is 920. The molecule has 0 saturated carbocycles. The zero-order valence-corrected chi connectivity index (χ0v) is 14.8. The van der Waals surface area contributed by atoms with Crippen molar-refractivity contribution >= 4 is 17.2 Å². The van der Waals surface area contributed by atoms with Crippen LogP contribution in [0.4, 0.5) is 0 Å². The molecule has 1 aliphatic rings. The Kier molecular flexibility index (Phi) is 4.49. The van der Waals surface area contributed by atoms with E-state index in [-0.39, 0.29) is 19.3 Å². The minimum Gasteiger partial charge on any atom is -0.484 e. The predicted molar refractivity (Wildman–Crippen MR) is 94.5 cm³/mol. The second-order valence-corrected chi connectivity index (χ2v) is 6.67. The fraction of sp³-hybridized carbons (Fsp3) is 0.222. The van der Waals surface area contributed by atoms with Gasteiger partial charge in [-0.1, -0.05) is 0 Å². The largest absolute Gasteiger partial charge is 0.484 e. The van der Waals surface area contributed by atoms with E-state index >= 15 is 0 Å². The Morgan fingerprint density at radius 2 is 2.19 bits per heavy atom. The highest BCUT2D eigenvalue weighted by molar-refractivity contribution is 7.15. The summed E-state index contributed by atoms with van der Waals surface area (Å²) in [6.45, 7) is 2.43. The topological polar surface area (TPSA) is 82.8 Å². The van der Waals surface area contributed by atoms with Crippen LogP contribution in [0.25, 0.3) is 10.8 Å². The summed E-state index contributed by atoms with van der Waals surface area (Å²) in [7, 11) is 0. The van der Waals surface area contributed by atoms with E-state index < -0.39 is 0 Å². The van der Waals surface area contributed by atoms with Crippen molar-refractivity contribution in [2.45, 2.75) is 13.5 Å². The van der Waals surface area contributed by atoms with Crippen LogP contribution in [0.2, 0.25) is 0 Å². The van der Waals surface area contributed by atoms with Gasteiger partial charge in [-0.25, -0.2) is 4.98 Å². The van der Waals surface area contributed by atoms with E-state index in [1.165, 1.54) is 11.3 Å². The van der Waals surface area contributed by atoms with Gasteiger partial charge in [0.1, 0.15) is 5.75 Å². The number of aryl methyl sites for hydroxylation is 1.